The average molecular weight is 443 g/mol. The second-order valence-corrected chi connectivity index (χ2v) is 9.54. The van der Waals surface area contributed by atoms with Crippen molar-refractivity contribution in [1.82, 2.24) is 0 Å². The Labute approximate surface area is 176 Å². The van der Waals surface area contributed by atoms with E-state index in [0.29, 0.717) is 10.7 Å². The summed E-state index contributed by atoms with van der Waals surface area (Å²) in [5, 5.41) is 3.42. The highest BCUT2D eigenvalue weighted by Crippen LogP contribution is 2.33. The predicted molar refractivity (Wildman–Crippen MR) is 117 cm³/mol. The van der Waals surface area contributed by atoms with Crippen molar-refractivity contribution in [2.24, 2.45) is 0 Å². The molecule has 2 aromatic rings. The van der Waals surface area contributed by atoms with Gasteiger partial charge < -0.3 is 5.32 Å². The van der Waals surface area contributed by atoms with E-state index in [4.69, 9.17) is 23.2 Å². The summed E-state index contributed by atoms with van der Waals surface area (Å²) in [7, 11) is -3.80. The molecule has 0 aliphatic carbocycles. The van der Waals surface area contributed by atoms with Gasteiger partial charge in [0.1, 0.15) is 6.04 Å². The van der Waals surface area contributed by atoms with E-state index in [9.17, 15) is 13.2 Å². The van der Waals surface area contributed by atoms with Gasteiger partial charge >= 0.3 is 0 Å². The van der Waals surface area contributed by atoms with E-state index in [1.54, 1.807) is 13.0 Å². The summed E-state index contributed by atoms with van der Waals surface area (Å²) in [4.78, 5) is 13.1. The lowest BCUT2D eigenvalue weighted by molar-refractivity contribution is -0.117. The van der Waals surface area contributed by atoms with Crippen LogP contribution in [-0.4, -0.2) is 26.6 Å². The number of anilines is 2. The first kappa shape index (κ1) is 22.5. The molecule has 0 unspecified atom stereocenters. The number of sulfonamides is 1. The molecular formula is C20H24Cl2N2O3S. The molecule has 2 rings (SSSR count). The van der Waals surface area contributed by atoms with Crippen LogP contribution in [0.1, 0.15) is 30.0 Å². The Morgan fingerprint density at radius 1 is 1.11 bits per heavy atom. The van der Waals surface area contributed by atoms with Crippen molar-refractivity contribution in [2.75, 3.05) is 15.9 Å². The molecule has 0 saturated heterocycles. The molecule has 2 aromatic carbocycles. The zero-order valence-electron chi connectivity index (χ0n) is 16.5. The van der Waals surface area contributed by atoms with Crippen LogP contribution in [-0.2, 0) is 14.8 Å². The van der Waals surface area contributed by atoms with Crippen molar-refractivity contribution in [3.8, 4) is 0 Å². The molecule has 28 heavy (non-hydrogen) atoms. The Hall–Kier alpha value is -1.76. The fraction of sp³-hybridized carbons (Fsp3) is 0.350. The number of carbonyl (C=O) groups is 1. The maximum absolute atomic E-state index is 13.1. The van der Waals surface area contributed by atoms with Gasteiger partial charge in [0.25, 0.3) is 0 Å². The zero-order chi connectivity index (χ0) is 21.2. The van der Waals surface area contributed by atoms with Crippen molar-refractivity contribution < 1.29 is 13.2 Å². The van der Waals surface area contributed by atoms with Crippen LogP contribution < -0.4 is 9.62 Å². The predicted octanol–water partition coefficient (Wildman–Crippen LogP) is 5.10. The first-order chi connectivity index (χ1) is 13.0. The van der Waals surface area contributed by atoms with E-state index in [1.165, 1.54) is 12.1 Å². The molecule has 0 aromatic heterocycles. The smallest absolute Gasteiger partial charge is 0.248 e. The Morgan fingerprint density at radius 3 is 2.18 bits per heavy atom. The third kappa shape index (κ3) is 4.99. The van der Waals surface area contributed by atoms with Crippen LogP contribution in [0, 0.1) is 20.8 Å². The molecule has 0 radical (unpaired) electrons. The van der Waals surface area contributed by atoms with E-state index < -0.39 is 22.0 Å². The van der Waals surface area contributed by atoms with E-state index >= 15 is 0 Å². The highest BCUT2D eigenvalue weighted by atomic mass is 35.5. The van der Waals surface area contributed by atoms with Crippen LogP contribution >= 0.6 is 23.2 Å². The first-order valence-electron chi connectivity index (χ1n) is 8.78. The van der Waals surface area contributed by atoms with E-state index in [1.807, 2.05) is 32.9 Å². The maximum Gasteiger partial charge on any atom is 0.248 e. The lowest BCUT2D eigenvalue weighted by atomic mass is 10.0. The molecule has 1 amide bonds. The Kier molecular flexibility index (Phi) is 7.02. The second kappa shape index (κ2) is 8.72. The lowest BCUT2D eigenvalue weighted by Crippen LogP contribution is -2.47. The molecule has 8 heteroatoms. The second-order valence-electron chi connectivity index (χ2n) is 6.84. The van der Waals surface area contributed by atoms with E-state index in [-0.39, 0.29) is 17.1 Å². The fourth-order valence-corrected chi connectivity index (χ4v) is 4.91. The molecule has 0 heterocycles. The molecule has 5 nitrogen and oxygen atoms in total. The number of nitrogens with zero attached hydrogens (tertiary/aromatic N) is 1. The van der Waals surface area contributed by atoms with Crippen LogP contribution in [0.15, 0.2) is 30.3 Å². The summed E-state index contributed by atoms with van der Waals surface area (Å²) in [6, 6.07) is 7.47. The molecule has 0 aliphatic heterocycles. The summed E-state index contributed by atoms with van der Waals surface area (Å²) in [5.41, 5.74) is 3.76. The van der Waals surface area contributed by atoms with Crippen molar-refractivity contribution in [3.05, 3.63) is 57.1 Å². The van der Waals surface area contributed by atoms with Gasteiger partial charge in [0.05, 0.1) is 17.0 Å². The topological polar surface area (TPSA) is 66.5 Å². The SMILES string of the molecule is CC[C@@H](C(=O)Nc1c(C)cc(C)cc1C)N(c1cc(Cl)ccc1Cl)S(C)(=O)=O. The van der Waals surface area contributed by atoms with Gasteiger partial charge in [-0.2, -0.15) is 0 Å². The van der Waals surface area contributed by atoms with Crippen LogP contribution in [0.4, 0.5) is 11.4 Å². The van der Waals surface area contributed by atoms with Crippen molar-refractivity contribution >= 4 is 50.5 Å². The summed E-state index contributed by atoms with van der Waals surface area (Å²) in [6.45, 7) is 7.53. The lowest BCUT2D eigenvalue weighted by Gasteiger charge is -2.31. The Balaban J connectivity index is 2.50. The van der Waals surface area contributed by atoms with Gasteiger partial charge in [-0.05, 0) is 56.5 Å². The molecule has 1 N–H and O–H groups in total. The molecule has 0 saturated carbocycles. The Morgan fingerprint density at radius 2 is 1.68 bits per heavy atom. The zero-order valence-corrected chi connectivity index (χ0v) is 18.8. The minimum atomic E-state index is -3.80. The standard InChI is InChI=1S/C20H24Cl2N2O3S/c1-6-17(20(25)23-19-13(3)9-12(2)10-14(19)4)24(28(5,26)27)18-11-15(21)7-8-16(18)22/h7-11,17H,6H2,1-5H3,(H,23,25)/t17-/m0/s1. The number of hydrogen-bond donors (Lipinski definition) is 1. The highest BCUT2D eigenvalue weighted by molar-refractivity contribution is 7.92. The normalized spacial score (nSPS) is 12.5. The van der Waals surface area contributed by atoms with Crippen LogP contribution in [0.3, 0.4) is 0 Å². The van der Waals surface area contributed by atoms with Gasteiger partial charge in [0.15, 0.2) is 0 Å². The number of halogens is 2. The van der Waals surface area contributed by atoms with Gasteiger partial charge in [-0.15, -0.1) is 0 Å². The summed E-state index contributed by atoms with van der Waals surface area (Å²) < 4.78 is 26.2. The van der Waals surface area contributed by atoms with Gasteiger partial charge in [-0.25, -0.2) is 8.42 Å². The van der Waals surface area contributed by atoms with E-state index in [2.05, 4.69) is 5.32 Å². The van der Waals surface area contributed by atoms with Crippen LogP contribution in [0.25, 0.3) is 0 Å². The fourth-order valence-electron chi connectivity index (χ4n) is 3.27. The Bertz CT molecular complexity index is 984. The van der Waals surface area contributed by atoms with Gasteiger partial charge in [-0.1, -0.05) is 47.8 Å². The number of rotatable bonds is 6. The van der Waals surface area contributed by atoms with Crippen molar-refractivity contribution in [1.29, 1.82) is 0 Å². The third-order valence-corrected chi connectivity index (χ3v) is 6.12. The monoisotopic (exact) mass is 442 g/mol. The summed E-state index contributed by atoms with van der Waals surface area (Å²) in [5.74, 6) is -0.431. The summed E-state index contributed by atoms with van der Waals surface area (Å²) in [6.07, 6.45) is 1.30. The van der Waals surface area contributed by atoms with Crippen LogP contribution in [0.2, 0.25) is 10.0 Å². The number of benzene rings is 2. The number of aryl methyl sites for hydroxylation is 3. The number of nitrogens with one attached hydrogen (secondary N) is 1. The minimum absolute atomic E-state index is 0.177. The average Bonchev–Trinajstić information content (AvgIpc) is 2.57. The number of carbonyl (C=O) groups excluding carboxylic acids is 1. The van der Waals surface area contributed by atoms with Crippen LogP contribution in [0.5, 0.6) is 0 Å². The maximum atomic E-state index is 13.1. The highest BCUT2D eigenvalue weighted by Gasteiger charge is 2.33. The van der Waals surface area contributed by atoms with Gasteiger partial charge in [-0.3, -0.25) is 9.10 Å². The molecule has 152 valence electrons. The van der Waals surface area contributed by atoms with Gasteiger partial charge in [0, 0.05) is 10.7 Å². The quantitative estimate of drug-likeness (QED) is 0.676. The number of hydrogen-bond acceptors (Lipinski definition) is 3. The third-order valence-electron chi connectivity index (χ3n) is 4.40. The molecule has 1 atom stereocenters. The molecule has 0 aliphatic rings. The van der Waals surface area contributed by atoms with Crippen molar-refractivity contribution in [2.45, 2.75) is 40.2 Å². The largest absolute Gasteiger partial charge is 0.324 e. The first-order valence-corrected chi connectivity index (χ1v) is 11.4. The molecule has 0 fully saturated rings. The molecular weight excluding hydrogens is 419 g/mol. The van der Waals surface area contributed by atoms with Crippen molar-refractivity contribution in [3.63, 3.8) is 0 Å². The molecule has 0 bridgehead atoms. The van der Waals surface area contributed by atoms with E-state index in [0.717, 1.165) is 27.3 Å². The summed E-state index contributed by atoms with van der Waals surface area (Å²) >= 11 is 12.3. The minimum Gasteiger partial charge on any atom is -0.324 e. The number of amides is 1. The molecule has 0 spiro atoms. The van der Waals surface area contributed by atoms with Gasteiger partial charge in [0.2, 0.25) is 15.9 Å².